The standard InChI is InChI=1S/C16H15N3O6/c1-10-3-8-14(19(23)24)16(11(10)2)17-15(20)9-25-13-6-4-12(5-7-13)18(21)22/h3-8H,9H2,1-2H3,(H,17,20). The summed E-state index contributed by atoms with van der Waals surface area (Å²) in [5, 5.41) is 24.2. The molecule has 1 N–H and O–H groups in total. The van der Waals surface area contributed by atoms with Gasteiger partial charge >= 0.3 is 0 Å². The molecule has 2 aromatic rings. The van der Waals surface area contributed by atoms with Gasteiger partial charge in [-0.15, -0.1) is 0 Å². The summed E-state index contributed by atoms with van der Waals surface area (Å²) < 4.78 is 5.24. The summed E-state index contributed by atoms with van der Waals surface area (Å²) in [7, 11) is 0. The number of nitrogens with one attached hydrogen (secondary N) is 1. The first-order chi connectivity index (χ1) is 11.8. The van der Waals surface area contributed by atoms with E-state index in [1.807, 2.05) is 0 Å². The van der Waals surface area contributed by atoms with Crippen molar-refractivity contribution in [3.63, 3.8) is 0 Å². The molecule has 0 radical (unpaired) electrons. The van der Waals surface area contributed by atoms with Gasteiger partial charge in [-0.25, -0.2) is 0 Å². The third-order valence-electron chi connectivity index (χ3n) is 3.59. The monoisotopic (exact) mass is 345 g/mol. The Bertz CT molecular complexity index is 833. The van der Waals surface area contributed by atoms with Crippen LogP contribution in [0.1, 0.15) is 11.1 Å². The van der Waals surface area contributed by atoms with Crippen molar-refractivity contribution in [1.29, 1.82) is 0 Å². The van der Waals surface area contributed by atoms with Crippen molar-refractivity contribution < 1.29 is 19.4 Å². The maximum absolute atomic E-state index is 12.0. The number of benzene rings is 2. The summed E-state index contributed by atoms with van der Waals surface area (Å²) in [5.74, 6) is -0.300. The van der Waals surface area contributed by atoms with E-state index in [1.165, 1.54) is 30.3 Å². The Labute approximate surface area is 142 Å². The third kappa shape index (κ3) is 4.28. The zero-order valence-electron chi connectivity index (χ0n) is 13.5. The van der Waals surface area contributed by atoms with Crippen LogP contribution >= 0.6 is 0 Å². The van der Waals surface area contributed by atoms with Crippen molar-refractivity contribution in [2.45, 2.75) is 13.8 Å². The summed E-state index contributed by atoms with van der Waals surface area (Å²) >= 11 is 0. The van der Waals surface area contributed by atoms with Crippen molar-refractivity contribution >= 4 is 23.0 Å². The van der Waals surface area contributed by atoms with Crippen LogP contribution in [0, 0.1) is 34.1 Å². The number of carbonyl (C=O) groups excluding carboxylic acids is 1. The molecule has 0 aliphatic heterocycles. The molecule has 2 rings (SSSR count). The Kier molecular flexibility index (Phi) is 5.28. The molecule has 0 heterocycles. The predicted molar refractivity (Wildman–Crippen MR) is 89.8 cm³/mol. The minimum Gasteiger partial charge on any atom is -0.484 e. The lowest BCUT2D eigenvalue weighted by Crippen LogP contribution is -2.21. The molecule has 25 heavy (non-hydrogen) atoms. The average molecular weight is 345 g/mol. The lowest BCUT2D eigenvalue weighted by atomic mass is 10.1. The highest BCUT2D eigenvalue weighted by molar-refractivity contribution is 5.95. The van der Waals surface area contributed by atoms with Crippen molar-refractivity contribution in [2.24, 2.45) is 0 Å². The topological polar surface area (TPSA) is 125 Å². The normalized spacial score (nSPS) is 10.2. The molecule has 0 fully saturated rings. The number of nitro benzene ring substituents is 2. The highest BCUT2D eigenvalue weighted by atomic mass is 16.6. The maximum atomic E-state index is 12.0. The first kappa shape index (κ1) is 17.9. The molecule has 1 amide bonds. The summed E-state index contributed by atoms with van der Waals surface area (Å²) in [4.78, 5) is 32.6. The van der Waals surface area contributed by atoms with Gasteiger partial charge in [-0.3, -0.25) is 25.0 Å². The minimum atomic E-state index is -0.574. The number of carbonyl (C=O) groups is 1. The number of ether oxygens (including phenoxy) is 1. The highest BCUT2D eigenvalue weighted by Crippen LogP contribution is 2.30. The molecule has 0 unspecified atom stereocenters. The lowest BCUT2D eigenvalue weighted by Gasteiger charge is -2.11. The lowest BCUT2D eigenvalue weighted by molar-refractivity contribution is -0.384. The Balaban J connectivity index is 2.07. The number of hydrogen-bond acceptors (Lipinski definition) is 6. The zero-order chi connectivity index (χ0) is 18.6. The molecule has 0 atom stereocenters. The second-order valence-corrected chi connectivity index (χ2v) is 5.25. The second-order valence-electron chi connectivity index (χ2n) is 5.25. The van der Waals surface area contributed by atoms with Gasteiger partial charge in [-0.05, 0) is 37.1 Å². The van der Waals surface area contributed by atoms with Gasteiger partial charge in [0.2, 0.25) is 0 Å². The fourth-order valence-corrected chi connectivity index (χ4v) is 2.10. The first-order valence-corrected chi connectivity index (χ1v) is 7.21. The van der Waals surface area contributed by atoms with Gasteiger partial charge in [-0.1, -0.05) is 6.07 Å². The molecule has 130 valence electrons. The maximum Gasteiger partial charge on any atom is 0.293 e. The smallest absolute Gasteiger partial charge is 0.293 e. The minimum absolute atomic E-state index is 0.0946. The molecule has 9 nitrogen and oxygen atoms in total. The second kappa shape index (κ2) is 7.39. The van der Waals surface area contributed by atoms with E-state index in [1.54, 1.807) is 19.9 Å². The van der Waals surface area contributed by atoms with Gasteiger partial charge in [0.05, 0.1) is 9.85 Å². The highest BCUT2D eigenvalue weighted by Gasteiger charge is 2.19. The SMILES string of the molecule is Cc1ccc([N+](=O)[O-])c(NC(=O)COc2ccc([N+](=O)[O-])cc2)c1C. The van der Waals surface area contributed by atoms with Crippen molar-refractivity contribution in [2.75, 3.05) is 11.9 Å². The van der Waals surface area contributed by atoms with Crippen LogP contribution < -0.4 is 10.1 Å². The van der Waals surface area contributed by atoms with E-state index < -0.39 is 15.8 Å². The molecule has 0 bridgehead atoms. The molecule has 9 heteroatoms. The van der Waals surface area contributed by atoms with Crippen molar-refractivity contribution in [3.05, 3.63) is 67.8 Å². The van der Waals surface area contributed by atoms with Crippen LogP contribution in [0.2, 0.25) is 0 Å². The van der Waals surface area contributed by atoms with Gasteiger partial charge in [-0.2, -0.15) is 0 Å². The van der Waals surface area contributed by atoms with Gasteiger partial charge in [0.15, 0.2) is 6.61 Å². The van der Waals surface area contributed by atoms with Crippen LogP contribution in [-0.2, 0) is 4.79 Å². The number of anilines is 1. The van der Waals surface area contributed by atoms with E-state index in [0.717, 1.165) is 5.56 Å². The van der Waals surface area contributed by atoms with Crippen LogP contribution in [0.25, 0.3) is 0 Å². The Morgan fingerprint density at radius 3 is 2.24 bits per heavy atom. The molecular formula is C16H15N3O6. The van der Waals surface area contributed by atoms with Gasteiger partial charge in [0.25, 0.3) is 17.3 Å². The summed E-state index contributed by atoms with van der Waals surface area (Å²) in [5.41, 5.74) is 1.23. The largest absolute Gasteiger partial charge is 0.484 e. The van der Waals surface area contributed by atoms with E-state index in [4.69, 9.17) is 4.74 Å². The molecule has 2 aromatic carbocycles. The molecule has 0 spiro atoms. The molecule has 0 aromatic heterocycles. The van der Waals surface area contributed by atoms with E-state index in [0.29, 0.717) is 5.56 Å². The number of nitrogens with zero attached hydrogens (tertiary/aromatic N) is 2. The van der Waals surface area contributed by atoms with E-state index in [2.05, 4.69) is 5.32 Å². The Morgan fingerprint density at radius 1 is 1.04 bits per heavy atom. The molecule has 0 aliphatic rings. The van der Waals surface area contributed by atoms with E-state index >= 15 is 0 Å². The number of non-ortho nitro benzene ring substituents is 1. The van der Waals surface area contributed by atoms with Gasteiger partial charge in [0.1, 0.15) is 11.4 Å². The summed E-state index contributed by atoms with van der Waals surface area (Å²) in [6.07, 6.45) is 0. The Hall–Kier alpha value is -3.49. The third-order valence-corrected chi connectivity index (χ3v) is 3.59. The fraction of sp³-hybridized carbons (Fsp3) is 0.188. The first-order valence-electron chi connectivity index (χ1n) is 7.21. The van der Waals surface area contributed by atoms with Crippen molar-refractivity contribution in [1.82, 2.24) is 0 Å². The van der Waals surface area contributed by atoms with Crippen LogP contribution in [0.15, 0.2) is 36.4 Å². The van der Waals surface area contributed by atoms with Gasteiger partial charge < -0.3 is 10.1 Å². The summed E-state index contributed by atoms with van der Waals surface area (Å²) in [6.45, 7) is 3.07. The van der Waals surface area contributed by atoms with Gasteiger partial charge in [0, 0.05) is 18.2 Å². The van der Waals surface area contributed by atoms with Crippen LogP contribution in [0.5, 0.6) is 5.75 Å². The van der Waals surface area contributed by atoms with Crippen LogP contribution in [0.4, 0.5) is 17.1 Å². The molecule has 0 saturated carbocycles. The number of rotatable bonds is 6. The zero-order valence-corrected chi connectivity index (χ0v) is 13.5. The molecule has 0 aliphatic carbocycles. The number of amides is 1. The van der Waals surface area contributed by atoms with E-state index in [9.17, 15) is 25.0 Å². The van der Waals surface area contributed by atoms with E-state index in [-0.39, 0.29) is 29.4 Å². The van der Waals surface area contributed by atoms with Crippen molar-refractivity contribution in [3.8, 4) is 5.75 Å². The average Bonchev–Trinajstić information content (AvgIpc) is 2.57. The number of nitro groups is 2. The number of hydrogen-bond donors (Lipinski definition) is 1. The fourth-order valence-electron chi connectivity index (χ4n) is 2.10. The molecule has 0 saturated heterocycles. The molecular weight excluding hydrogens is 330 g/mol. The summed E-state index contributed by atoms with van der Waals surface area (Å²) in [6, 6.07) is 8.18. The number of aryl methyl sites for hydroxylation is 1. The van der Waals surface area contributed by atoms with Crippen LogP contribution in [0.3, 0.4) is 0 Å². The predicted octanol–water partition coefficient (Wildman–Crippen LogP) is 3.14. The van der Waals surface area contributed by atoms with Crippen LogP contribution in [-0.4, -0.2) is 22.4 Å². The quantitative estimate of drug-likeness (QED) is 0.633. The Morgan fingerprint density at radius 2 is 1.68 bits per heavy atom.